The molecule has 0 bridgehead atoms. The first-order chi connectivity index (χ1) is 19.8. The van der Waals surface area contributed by atoms with Crippen LogP contribution in [0.25, 0.3) is 27.7 Å². The molecule has 3 heterocycles. The summed E-state index contributed by atoms with van der Waals surface area (Å²) in [5.74, 6) is 0.784. The molecule has 1 saturated carbocycles. The molecule has 0 saturated heterocycles. The molecule has 6 rings (SSSR count). The largest absolute Gasteiger partial charge is 0.495 e. The highest BCUT2D eigenvalue weighted by molar-refractivity contribution is 6.31. The molecule has 210 valence electrons. The molecule has 1 aliphatic carbocycles. The Hall–Kier alpha value is -4.15. The third kappa shape index (κ3) is 5.57. The lowest BCUT2D eigenvalue weighted by Gasteiger charge is -2.20. The molecule has 1 unspecified atom stereocenters. The van der Waals surface area contributed by atoms with Crippen molar-refractivity contribution >= 4 is 45.7 Å². The van der Waals surface area contributed by atoms with Gasteiger partial charge in [-0.1, -0.05) is 35.3 Å². The Bertz CT molecular complexity index is 1820. The Labute approximate surface area is 245 Å². The predicted octanol–water partition coefficient (Wildman–Crippen LogP) is 5.76. The Balaban J connectivity index is 1.31. The zero-order valence-electron chi connectivity index (χ0n) is 22.4. The highest BCUT2D eigenvalue weighted by Crippen LogP contribution is 2.36. The van der Waals surface area contributed by atoms with Gasteiger partial charge in [0.15, 0.2) is 5.15 Å². The molecule has 1 atom stereocenters. The second-order valence-corrected chi connectivity index (χ2v) is 11.0. The number of anilines is 1. The summed E-state index contributed by atoms with van der Waals surface area (Å²) in [7, 11) is 1.50. The monoisotopic (exact) mass is 591 g/mol. The van der Waals surface area contributed by atoms with Gasteiger partial charge in [0, 0.05) is 46.0 Å². The molecule has 2 aromatic carbocycles. The number of rotatable bonds is 9. The fraction of sp³-hybridized carbons (Fsp3) is 0.276. The van der Waals surface area contributed by atoms with E-state index in [1.807, 2.05) is 36.0 Å². The Kier molecular flexibility index (Phi) is 7.27. The molecule has 12 heteroatoms. The molecule has 41 heavy (non-hydrogen) atoms. The van der Waals surface area contributed by atoms with Crippen molar-refractivity contribution in [3.63, 3.8) is 0 Å². The van der Waals surface area contributed by atoms with Crippen LogP contribution in [0.15, 0.2) is 65.8 Å². The van der Waals surface area contributed by atoms with Crippen molar-refractivity contribution in [2.45, 2.75) is 38.8 Å². The average Bonchev–Trinajstić information content (AvgIpc) is 3.51. The van der Waals surface area contributed by atoms with Gasteiger partial charge in [-0.15, -0.1) is 5.10 Å². The smallest absolute Gasteiger partial charge is 0.252 e. The van der Waals surface area contributed by atoms with Crippen LogP contribution in [0.1, 0.15) is 32.2 Å². The Morgan fingerprint density at radius 3 is 2.63 bits per heavy atom. The number of fused-ring (bicyclic) bond motifs is 1. The van der Waals surface area contributed by atoms with Gasteiger partial charge in [0.25, 0.3) is 5.56 Å². The maximum atomic E-state index is 13.5. The Morgan fingerprint density at radius 1 is 1.10 bits per heavy atom. The van der Waals surface area contributed by atoms with Crippen LogP contribution in [0.3, 0.4) is 0 Å². The van der Waals surface area contributed by atoms with E-state index in [0.29, 0.717) is 45.6 Å². The molecule has 1 N–H and O–H groups in total. The van der Waals surface area contributed by atoms with Crippen LogP contribution in [-0.4, -0.2) is 42.4 Å². The first-order valence-corrected chi connectivity index (χ1v) is 14.0. The normalized spacial score (nSPS) is 13.9. The maximum Gasteiger partial charge on any atom is 0.252 e. The lowest BCUT2D eigenvalue weighted by atomic mass is 10.0. The van der Waals surface area contributed by atoms with Gasteiger partial charge in [-0.05, 0) is 61.6 Å². The van der Waals surface area contributed by atoms with Crippen LogP contribution >= 0.6 is 23.2 Å². The van der Waals surface area contributed by atoms with Crippen LogP contribution in [-0.2, 0) is 11.3 Å². The minimum absolute atomic E-state index is 0.219. The van der Waals surface area contributed by atoms with Crippen molar-refractivity contribution in [3.05, 3.63) is 81.6 Å². The highest BCUT2D eigenvalue weighted by Gasteiger charge is 2.24. The summed E-state index contributed by atoms with van der Waals surface area (Å²) in [4.78, 5) is 26.9. The van der Waals surface area contributed by atoms with E-state index in [2.05, 4.69) is 20.7 Å². The maximum absolute atomic E-state index is 13.5. The molecule has 0 aliphatic heterocycles. The SMILES string of the molecule is CCC(C(=O)Nc1ccc2nn(CC3CC3)cc2c1)n1cc(OC)c(-c2cc(Cl)ccc2-n2cc(Cl)nn2)cc1=O. The first kappa shape index (κ1) is 27.0. The molecule has 0 radical (unpaired) electrons. The topological polar surface area (TPSA) is 109 Å². The van der Waals surface area contributed by atoms with E-state index in [9.17, 15) is 9.59 Å². The second kappa shape index (κ2) is 11.0. The third-order valence-corrected chi connectivity index (χ3v) is 7.62. The summed E-state index contributed by atoms with van der Waals surface area (Å²) in [5, 5.41) is 17.1. The number of ether oxygens (including phenoxy) is 1. The predicted molar refractivity (Wildman–Crippen MR) is 158 cm³/mol. The molecule has 3 aromatic heterocycles. The van der Waals surface area contributed by atoms with Crippen molar-refractivity contribution in [2.24, 2.45) is 5.92 Å². The molecule has 1 aliphatic rings. The van der Waals surface area contributed by atoms with Gasteiger partial charge in [-0.25, -0.2) is 4.68 Å². The number of hydrogen-bond donors (Lipinski definition) is 1. The summed E-state index contributed by atoms with van der Waals surface area (Å²) >= 11 is 12.3. The molecule has 1 amide bonds. The van der Waals surface area contributed by atoms with E-state index >= 15 is 0 Å². The minimum Gasteiger partial charge on any atom is -0.495 e. The first-order valence-electron chi connectivity index (χ1n) is 13.3. The van der Waals surface area contributed by atoms with E-state index in [-0.39, 0.29) is 16.6 Å². The number of nitrogens with one attached hydrogen (secondary N) is 1. The highest BCUT2D eigenvalue weighted by atomic mass is 35.5. The standard InChI is InChI=1S/C29H27Cl2N7O3/c1-3-24(29(40)32-20-7-8-23-18(10-20)14-36(34-23)13-17-4-5-17)37-15-26(41-2)22(12-28(37)39)21-11-19(30)6-9-25(21)38-16-27(31)33-35-38/h6-12,14-17,24H,3-5,13H2,1-2H3,(H,32,40). The van der Waals surface area contributed by atoms with Gasteiger partial charge in [0.2, 0.25) is 5.91 Å². The van der Waals surface area contributed by atoms with Crippen LogP contribution in [0.4, 0.5) is 5.69 Å². The van der Waals surface area contributed by atoms with Gasteiger partial charge >= 0.3 is 0 Å². The van der Waals surface area contributed by atoms with E-state index in [4.69, 9.17) is 27.9 Å². The van der Waals surface area contributed by atoms with Gasteiger partial charge in [-0.2, -0.15) is 5.10 Å². The molecule has 1 fully saturated rings. The van der Waals surface area contributed by atoms with Crippen molar-refractivity contribution in [2.75, 3.05) is 12.4 Å². The van der Waals surface area contributed by atoms with Gasteiger partial charge in [0.05, 0.1) is 30.7 Å². The lowest BCUT2D eigenvalue weighted by molar-refractivity contribution is -0.119. The number of nitrogens with zero attached hydrogens (tertiary/aromatic N) is 6. The summed E-state index contributed by atoms with van der Waals surface area (Å²) in [5.41, 5.74) is 2.82. The van der Waals surface area contributed by atoms with Gasteiger partial charge in [-0.3, -0.25) is 18.8 Å². The molecular formula is C29H27Cl2N7O3. The average molecular weight is 592 g/mol. The van der Waals surface area contributed by atoms with Crippen LogP contribution in [0, 0.1) is 5.92 Å². The number of halogens is 2. The number of amides is 1. The number of hydrogen-bond acceptors (Lipinski definition) is 6. The van der Waals surface area contributed by atoms with Gasteiger partial charge in [0.1, 0.15) is 11.8 Å². The number of pyridine rings is 1. The molecular weight excluding hydrogens is 565 g/mol. The van der Waals surface area contributed by atoms with Crippen molar-refractivity contribution in [1.29, 1.82) is 0 Å². The summed E-state index contributed by atoms with van der Waals surface area (Å²) in [6.07, 6.45) is 7.99. The summed E-state index contributed by atoms with van der Waals surface area (Å²) in [6, 6.07) is 11.4. The Morgan fingerprint density at radius 2 is 1.93 bits per heavy atom. The third-order valence-electron chi connectivity index (χ3n) is 7.21. The number of carbonyl (C=O) groups is 1. The van der Waals surface area contributed by atoms with Gasteiger partial charge < -0.3 is 10.1 Å². The molecule has 0 spiro atoms. The fourth-order valence-electron chi connectivity index (χ4n) is 4.98. The quantitative estimate of drug-likeness (QED) is 0.233. The fourth-order valence-corrected chi connectivity index (χ4v) is 5.28. The van der Waals surface area contributed by atoms with Crippen LogP contribution in [0.5, 0.6) is 5.75 Å². The zero-order chi connectivity index (χ0) is 28.7. The summed E-state index contributed by atoms with van der Waals surface area (Å²) < 4.78 is 10.5. The van der Waals surface area contributed by atoms with E-state index in [1.54, 1.807) is 30.6 Å². The number of benzene rings is 2. The van der Waals surface area contributed by atoms with Crippen molar-refractivity contribution < 1.29 is 9.53 Å². The number of aromatic nitrogens is 6. The lowest BCUT2D eigenvalue weighted by Crippen LogP contribution is -2.32. The second-order valence-electron chi connectivity index (χ2n) is 10.1. The summed E-state index contributed by atoms with van der Waals surface area (Å²) in [6.45, 7) is 2.77. The number of carbonyl (C=O) groups excluding carboxylic acids is 1. The van der Waals surface area contributed by atoms with E-state index < -0.39 is 6.04 Å². The van der Waals surface area contributed by atoms with Crippen molar-refractivity contribution in [1.82, 2.24) is 29.3 Å². The molecule has 10 nitrogen and oxygen atoms in total. The van der Waals surface area contributed by atoms with Crippen molar-refractivity contribution in [3.8, 4) is 22.6 Å². The minimum atomic E-state index is -0.772. The molecule has 5 aromatic rings. The van der Waals surface area contributed by atoms with Crippen LogP contribution < -0.4 is 15.6 Å². The van der Waals surface area contributed by atoms with E-state index in [0.717, 1.165) is 17.4 Å². The number of methoxy groups -OCH3 is 1. The van der Waals surface area contributed by atoms with Crippen LogP contribution in [0.2, 0.25) is 10.2 Å². The zero-order valence-corrected chi connectivity index (χ0v) is 23.9. The van der Waals surface area contributed by atoms with E-state index in [1.165, 1.54) is 35.3 Å².